The van der Waals surface area contributed by atoms with Crippen LogP contribution in [-0.4, -0.2) is 16.0 Å². The van der Waals surface area contributed by atoms with Crippen LogP contribution in [0.4, 0.5) is 11.4 Å². The molecule has 6 heteroatoms. The highest BCUT2D eigenvalue weighted by Crippen LogP contribution is 2.54. The molecular weight excluding hydrogens is 368 g/mol. The van der Waals surface area contributed by atoms with E-state index in [0.717, 1.165) is 23.2 Å². The Bertz CT molecular complexity index is 1140. The van der Waals surface area contributed by atoms with E-state index in [-0.39, 0.29) is 34.1 Å². The van der Waals surface area contributed by atoms with E-state index >= 15 is 0 Å². The van der Waals surface area contributed by atoms with Gasteiger partial charge in [-0.15, -0.1) is 0 Å². The summed E-state index contributed by atoms with van der Waals surface area (Å²) in [7, 11) is 0. The number of nitrogens with zero attached hydrogens (tertiary/aromatic N) is 1. The lowest BCUT2D eigenvalue weighted by atomic mass is 9.75. The number of rotatable bonds is 3. The molecule has 0 radical (unpaired) electrons. The van der Waals surface area contributed by atoms with E-state index in [4.69, 9.17) is 0 Å². The fourth-order valence-corrected chi connectivity index (χ4v) is 4.82. The van der Waals surface area contributed by atoms with Crippen LogP contribution in [0.5, 0.6) is 0 Å². The number of nitro groups is 1. The zero-order valence-corrected chi connectivity index (χ0v) is 15.4. The molecule has 1 aliphatic carbocycles. The number of nitro benzene ring substituents is 1. The van der Waals surface area contributed by atoms with Crippen molar-refractivity contribution in [3.8, 4) is 0 Å². The molecule has 29 heavy (non-hydrogen) atoms. The number of carboxylic acids is 1. The zero-order chi connectivity index (χ0) is 20.1. The largest absolute Gasteiger partial charge is 0.478 e. The minimum atomic E-state index is -0.947. The summed E-state index contributed by atoms with van der Waals surface area (Å²) in [5, 5.41) is 24.1. The second-order valence-corrected chi connectivity index (χ2v) is 7.62. The topological polar surface area (TPSA) is 92.5 Å². The fraction of sp³-hybridized carbons (Fsp3) is 0.174. The number of hydrogen-bond acceptors (Lipinski definition) is 4. The van der Waals surface area contributed by atoms with Gasteiger partial charge in [-0.3, -0.25) is 10.1 Å². The van der Waals surface area contributed by atoms with Crippen molar-refractivity contribution < 1.29 is 14.8 Å². The van der Waals surface area contributed by atoms with Crippen LogP contribution in [0.3, 0.4) is 0 Å². The molecule has 0 saturated heterocycles. The number of carbonyl (C=O) groups is 1. The van der Waals surface area contributed by atoms with E-state index in [9.17, 15) is 20.0 Å². The molecule has 0 fully saturated rings. The number of fused-ring (bicyclic) bond motifs is 5. The van der Waals surface area contributed by atoms with E-state index in [1.165, 1.54) is 17.2 Å². The van der Waals surface area contributed by atoms with Crippen molar-refractivity contribution in [3.05, 3.63) is 105 Å². The fourth-order valence-electron chi connectivity index (χ4n) is 4.82. The monoisotopic (exact) mass is 386 g/mol. The molecule has 3 aromatic carbocycles. The molecule has 6 nitrogen and oxygen atoms in total. The third-order valence-corrected chi connectivity index (χ3v) is 6.11. The Hall–Kier alpha value is -3.67. The molecule has 0 spiro atoms. The number of aromatic carboxylic acids is 1. The molecular formula is C23H18N2O4. The number of nitrogens with one attached hydrogen (secondary N) is 1. The molecule has 3 atom stereocenters. The Morgan fingerprint density at radius 1 is 1.03 bits per heavy atom. The third kappa shape index (κ3) is 2.76. The van der Waals surface area contributed by atoms with Gasteiger partial charge in [0.2, 0.25) is 0 Å². The average Bonchev–Trinajstić information content (AvgIpc) is 3.12. The van der Waals surface area contributed by atoms with Crippen LogP contribution >= 0.6 is 0 Å². The summed E-state index contributed by atoms with van der Waals surface area (Å²) in [5.41, 5.74) is 5.68. The van der Waals surface area contributed by atoms with E-state index in [2.05, 4.69) is 17.4 Å². The Labute approximate surface area is 167 Å². The summed E-state index contributed by atoms with van der Waals surface area (Å²) in [5.74, 6) is -0.693. The predicted molar refractivity (Wildman–Crippen MR) is 108 cm³/mol. The van der Waals surface area contributed by atoms with Crippen molar-refractivity contribution in [2.45, 2.75) is 18.4 Å². The molecule has 5 rings (SSSR count). The van der Waals surface area contributed by atoms with Gasteiger partial charge in [0.25, 0.3) is 5.69 Å². The van der Waals surface area contributed by atoms with Gasteiger partial charge in [-0.2, -0.15) is 0 Å². The zero-order valence-electron chi connectivity index (χ0n) is 15.4. The van der Waals surface area contributed by atoms with Gasteiger partial charge in [0.15, 0.2) is 0 Å². The summed E-state index contributed by atoms with van der Waals surface area (Å²) < 4.78 is 0. The first-order chi connectivity index (χ1) is 14.0. The van der Waals surface area contributed by atoms with Crippen LogP contribution < -0.4 is 5.32 Å². The average molecular weight is 386 g/mol. The highest BCUT2D eigenvalue weighted by molar-refractivity contribution is 5.87. The highest BCUT2D eigenvalue weighted by Gasteiger charge is 2.43. The maximum atomic E-state index is 11.3. The molecule has 0 saturated carbocycles. The highest BCUT2D eigenvalue weighted by atomic mass is 16.6. The maximum absolute atomic E-state index is 11.3. The van der Waals surface area contributed by atoms with Crippen LogP contribution in [0.1, 0.15) is 44.6 Å². The number of anilines is 1. The second kappa shape index (κ2) is 6.44. The van der Waals surface area contributed by atoms with Gasteiger partial charge in [-0.05, 0) is 52.8 Å². The third-order valence-electron chi connectivity index (χ3n) is 6.11. The van der Waals surface area contributed by atoms with Crippen molar-refractivity contribution >= 4 is 17.3 Å². The van der Waals surface area contributed by atoms with E-state index in [1.807, 2.05) is 24.3 Å². The lowest BCUT2D eigenvalue weighted by Gasteiger charge is -2.38. The van der Waals surface area contributed by atoms with Gasteiger partial charge in [-0.25, -0.2) is 4.79 Å². The molecule has 144 valence electrons. The second-order valence-electron chi connectivity index (χ2n) is 7.62. The molecule has 2 aliphatic rings. The standard InChI is InChI=1S/C23H18N2O4/c26-23(27)14-7-5-13(6-8-14)22-19-11-15-3-1-2-4-17(15)21(19)18-12-16(25(28)29)9-10-20(18)24-22/h1-10,12,19,21-22,24H,11H2,(H,26,27)/t19-,21+,22-/m1/s1. The lowest BCUT2D eigenvalue weighted by Crippen LogP contribution is -2.30. The van der Waals surface area contributed by atoms with Crippen molar-refractivity contribution in [2.75, 3.05) is 5.32 Å². The van der Waals surface area contributed by atoms with E-state index in [1.54, 1.807) is 24.3 Å². The first-order valence-electron chi connectivity index (χ1n) is 9.49. The van der Waals surface area contributed by atoms with Crippen LogP contribution in [0.2, 0.25) is 0 Å². The summed E-state index contributed by atoms with van der Waals surface area (Å²) in [6.45, 7) is 0. The maximum Gasteiger partial charge on any atom is 0.335 e. The quantitative estimate of drug-likeness (QED) is 0.500. The molecule has 1 heterocycles. The predicted octanol–water partition coefficient (Wildman–Crippen LogP) is 4.76. The van der Waals surface area contributed by atoms with E-state index in [0.29, 0.717) is 0 Å². The van der Waals surface area contributed by atoms with Crippen LogP contribution in [0, 0.1) is 16.0 Å². The Morgan fingerprint density at radius 3 is 2.52 bits per heavy atom. The smallest absolute Gasteiger partial charge is 0.335 e. The summed E-state index contributed by atoms with van der Waals surface area (Å²) in [4.78, 5) is 22.2. The van der Waals surface area contributed by atoms with Crippen LogP contribution in [0.15, 0.2) is 66.7 Å². The number of carboxylic acid groups (broad SMARTS) is 1. The molecule has 0 amide bonds. The Morgan fingerprint density at radius 2 is 1.79 bits per heavy atom. The first-order valence-corrected chi connectivity index (χ1v) is 9.49. The Kier molecular flexibility index (Phi) is 3.87. The van der Waals surface area contributed by atoms with Crippen LogP contribution in [-0.2, 0) is 6.42 Å². The van der Waals surface area contributed by atoms with Crippen molar-refractivity contribution in [2.24, 2.45) is 5.92 Å². The van der Waals surface area contributed by atoms with Crippen molar-refractivity contribution in [3.63, 3.8) is 0 Å². The number of benzene rings is 3. The number of hydrogen-bond donors (Lipinski definition) is 2. The van der Waals surface area contributed by atoms with Gasteiger partial charge >= 0.3 is 5.97 Å². The molecule has 3 aromatic rings. The van der Waals surface area contributed by atoms with Gasteiger partial charge in [0.1, 0.15) is 0 Å². The lowest BCUT2D eigenvalue weighted by molar-refractivity contribution is -0.384. The van der Waals surface area contributed by atoms with Gasteiger partial charge in [-0.1, -0.05) is 36.4 Å². The van der Waals surface area contributed by atoms with Crippen molar-refractivity contribution in [1.82, 2.24) is 0 Å². The molecule has 1 aliphatic heterocycles. The summed E-state index contributed by atoms with van der Waals surface area (Å²) in [6.07, 6.45) is 0.862. The minimum absolute atomic E-state index is 0.01000. The molecule has 0 aromatic heterocycles. The number of non-ortho nitro benzene ring substituents is 1. The van der Waals surface area contributed by atoms with Gasteiger partial charge in [0, 0.05) is 23.7 Å². The SMILES string of the molecule is O=C(O)c1ccc([C@H]2Nc3ccc([N+](=O)[O-])cc3[C@@H]3c4ccccc4C[C@H]32)cc1. The first kappa shape index (κ1) is 17.4. The molecule has 2 N–H and O–H groups in total. The molecule has 0 bridgehead atoms. The minimum Gasteiger partial charge on any atom is -0.478 e. The van der Waals surface area contributed by atoms with Crippen LogP contribution in [0.25, 0.3) is 0 Å². The Balaban J connectivity index is 1.64. The van der Waals surface area contributed by atoms with Gasteiger partial charge < -0.3 is 10.4 Å². The normalized spacial score (nSPS) is 21.4. The van der Waals surface area contributed by atoms with Gasteiger partial charge in [0.05, 0.1) is 16.5 Å². The van der Waals surface area contributed by atoms with E-state index < -0.39 is 5.97 Å². The van der Waals surface area contributed by atoms with Crippen molar-refractivity contribution in [1.29, 1.82) is 0 Å². The summed E-state index contributed by atoms with van der Waals surface area (Å²) >= 11 is 0. The molecule has 0 unspecified atom stereocenters. The summed E-state index contributed by atoms with van der Waals surface area (Å²) in [6, 6.07) is 20.2.